The largest absolute Gasteiger partial charge is 0.465 e. The van der Waals surface area contributed by atoms with E-state index in [9.17, 15) is 28.8 Å². The summed E-state index contributed by atoms with van der Waals surface area (Å²) in [5.74, 6) is -1.79. The molecule has 10 nitrogen and oxygen atoms in total. The fourth-order valence-corrected chi connectivity index (χ4v) is 4.66. The van der Waals surface area contributed by atoms with Crippen molar-refractivity contribution in [2.24, 2.45) is 28.1 Å². The predicted molar refractivity (Wildman–Crippen MR) is 219 cm³/mol. The van der Waals surface area contributed by atoms with Gasteiger partial charge in [0, 0.05) is 19.4 Å². The fourth-order valence-electron chi connectivity index (χ4n) is 4.66. The molecule has 0 amide bonds. The van der Waals surface area contributed by atoms with Crippen molar-refractivity contribution in [3.8, 4) is 0 Å². The molecule has 0 saturated carbocycles. The van der Waals surface area contributed by atoms with Gasteiger partial charge < -0.3 is 28.9 Å². The van der Waals surface area contributed by atoms with Crippen LogP contribution >= 0.6 is 0 Å². The maximum Gasteiger partial charge on any atom is 0.317 e. The summed E-state index contributed by atoms with van der Waals surface area (Å²) >= 11 is 0. The maximum atomic E-state index is 12.5. The van der Waals surface area contributed by atoms with E-state index in [-0.39, 0.29) is 71.1 Å². The molecule has 2 atom stereocenters. The molecule has 1 N–H and O–H groups in total. The predicted octanol–water partition coefficient (Wildman–Crippen LogP) is 10.0. The van der Waals surface area contributed by atoms with Crippen molar-refractivity contribution in [3.05, 3.63) is 24.3 Å². The Kier molecular flexibility index (Phi) is 29.5. The summed E-state index contributed by atoms with van der Waals surface area (Å²) in [6.45, 7) is 22.2. The highest BCUT2D eigenvalue weighted by atomic mass is 16.6. The number of rotatable bonds is 23. The minimum absolute atomic E-state index is 0.0362. The Hall–Kier alpha value is -3.14. The lowest BCUT2D eigenvalue weighted by molar-refractivity contribution is -0.157. The van der Waals surface area contributed by atoms with Crippen molar-refractivity contribution >= 4 is 35.4 Å². The van der Waals surface area contributed by atoms with E-state index in [1.54, 1.807) is 13.8 Å². The van der Waals surface area contributed by atoms with Gasteiger partial charge in [0.25, 0.3) is 0 Å². The third-order valence-electron chi connectivity index (χ3n) is 7.97. The highest BCUT2D eigenvalue weighted by Crippen LogP contribution is 2.21. The molecule has 0 bridgehead atoms. The highest BCUT2D eigenvalue weighted by molar-refractivity contribution is 5.94. The van der Waals surface area contributed by atoms with Gasteiger partial charge in [-0.3, -0.25) is 19.2 Å². The maximum absolute atomic E-state index is 12.5. The van der Waals surface area contributed by atoms with Gasteiger partial charge in [0.2, 0.25) is 0 Å². The summed E-state index contributed by atoms with van der Waals surface area (Å²) in [4.78, 5) is 68.4. The monoisotopic (exact) mass is 779 g/mol. The van der Waals surface area contributed by atoms with Crippen molar-refractivity contribution in [2.45, 2.75) is 179 Å². The van der Waals surface area contributed by atoms with Crippen molar-refractivity contribution in [1.82, 2.24) is 0 Å². The summed E-state index contributed by atoms with van der Waals surface area (Å²) in [6.07, 6.45) is 21.1. The quantitative estimate of drug-likeness (QED) is 0.0349. The molecule has 1 heterocycles. The molecule has 1 rings (SSSR count). The number of carbonyl (C=O) groups is 6. The number of allylic oxidation sites excluding steroid dienone is 4. The number of esters is 4. The second-order valence-corrected chi connectivity index (χ2v) is 18.4. The summed E-state index contributed by atoms with van der Waals surface area (Å²) in [5.41, 5.74) is -0.132. The number of hydrogen-bond acceptors (Lipinski definition) is 10. The Morgan fingerprint density at radius 3 is 1.56 bits per heavy atom. The molecule has 10 heteroatoms. The van der Waals surface area contributed by atoms with Crippen LogP contribution < -0.4 is 0 Å². The summed E-state index contributed by atoms with van der Waals surface area (Å²) in [5, 5.41) is 8.40. The number of hydrogen-bond donors (Lipinski definition) is 1. The van der Waals surface area contributed by atoms with E-state index >= 15 is 0 Å². The number of cyclic esters (lactones) is 2. The second-order valence-electron chi connectivity index (χ2n) is 18.4. The number of aliphatic hydroxyl groups is 1. The number of aliphatic hydroxyl groups excluding tert-OH is 1. The standard InChI is InChI=1S/C25H44O5.C15H22O4.C5H12O/c1-20(26)15-13-11-9-8-10-12-14-16-21(23(28)30-19-25(5,6)7)17-22(27)29-18-24(2,3)4;1-12(16)9-7-5-3-2-4-6-8-10-13-11-14(17)19-15(13)18;1-5(2,3)4-6/h12,14,21H,8-11,13,15-19H2,1-7H3;6,8,13H,2-5,7,9-11H2,1H3;6H,4H2,1-3H3/b14-12+;8-6+;. The van der Waals surface area contributed by atoms with Gasteiger partial charge in [0.15, 0.2) is 0 Å². The first kappa shape index (κ1) is 54.0. The molecule has 2 unspecified atom stereocenters. The second kappa shape index (κ2) is 30.1. The van der Waals surface area contributed by atoms with Gasteiger partial charge in [-0.2, -0.15) is 0 Å². The lowest BCUT2D eigenvalue weighted by atomic mass is 9.97. The zero-order chi connectivity index (χ0) is 42.5. The molecular weight excluding hydrogens is 700 g/mol. The molecule has 0 aliphatic carbocycles. The first-order valence-electron chi connectivity index (χ1n) is 20.4. The Morgan fingerprint density at radius 2 is 1.15 bits per heavy atom. The zero-order valence-electron chi connectivity index (χ0n) is 36.5. The van der Waals surface area contributed by atoms with Crippen LogP contribution in [0.2, 0.25) is 0 Å². The number of ketones is 2. The summed E-state index contributed by atoms with van der Waals surface area (Å²) in [6, 6.07) is 0. The molecule has 0 aromatic rings. The van der Waals surface area contributed by atoms with Gasteiger partial charge in [-0.15, -0.1) is 0 Å². The SMILES string of the molecule is CC(=O)CCCCCC/C=C/CC(CC(=O)OCC(C)(C)C)C(=O)OCC(C)(C)C.CC(=O)CCCCCC/C=C/CC1CC(=O)OC1=O.CC(C)(C)CO. The first-order chi connectivity index (χ1) is 25.5. The van der Waals surface area contributed by atoms with Crippen LogP contribution in [0, 0.1) is 28.1 Å². The van der Waals surface area contributed by atoms with Gasteiger partial charge in [-0.1, -0.05) is 112 Å². The molecule has 1 fully saturated rings. The van der Waals surface area contributed by atoms with Gasteiger partial charge in [-0.25, -0.2) is 0 Å². The van der Waals surface area contributed by atoms with Crippen molar-refractivity contribution in [2.75, 3.05) is 19.8 Å². The lowest BCUT2D eigenvalue weighted by Gasteiger charge is -2.21. The lowest BCUT2D eigenvalue weighted by Crippen LogP contribution is -2.27. The van der Waals surface area contributed by atoms with Crippen LogP contribution in [0.5, 0.6) is 0 Å². The Bertz CT molecular complexity index is 1180. The molecule has 0 aromatic heterocycles. The van der Waals surface area contributed by atoms with Crippen LogP contribution in [0.15, 0.2) is 24.3 Å². The van der Waals surface area contributed by atoms with Crippen molar-refractivity contribution in [1.29, 1.82) is 0 Å². The molecular formula is C45H78O10. The van der Waals surface area contributed by atoms with E-state index in [4.69, 9.17) is 14.6 Å². The molecule has 0 aromatic carbocycles. The smallest absolute Gasteiger partial charge is 0.317 e. The van der Waals surface area contributed by atoms with Crippen LogP contribution in [0.3, 0.4) is 0 Å². The van der Waals surface area contributed by atoms with Crippen LogP contribution in [0.1, 0.15) is 179 Å². The average Bonchev–Trinajstić information content (AvgIpc) is 3.39. The minimum Gasteiger partial charge on any atom is -0.465 e. The molecule has 1 saturated heterocycles. The number of unbranched alkanes of at least 4 members (excludes halogenated alkanes) is 8. The average molecular weight is 779 g/mol. The number of carbonyl (C=O) groups excluding carboxylic acids is 6. The normalized spacial score (nSPS) is 15.2. The van der Waals surface area contributed by atoms with Gasteiger partial charge in [-0.05, 0) is 81.5 Å². The Morgan fingerprint density at radius 1 is 0.691 bits per heavy atom. The van der Waals surface area contributed by atoms with Crippen LogP contribution in [-0.2, 0) is 43.0 Å². The van der Waals surface area contributed by atoms with Crippen LogP contribution in [0.4, 0.5) is 0 Å². The fraction of sp³-hybridized carbons (Fsp3) is 0.778. The van der Waals surface area contributed by atoms with Gasteiger partial charge >= 0.3 is 23.9 Å². The van der Waals surface area contributed by atoms with E-state index in [0.717, 1.165) is 64.2 Å². The molecule has 1 aliphatic heterocycles. The zero-order valence-corrected chi connectivity index (χ0v) is 36.5. The van der Waals surface area contributed by atoms with Gasteiger partial charge in [0.1, 0.15) is 11.6 Å². The molecule has 55 heavy (non-hydrogen) atoms. The Labute approximate surface area is 334 Å². The molecule has 0 radical (unpaired) electrons. The van der Waals surface area contributed by atoms with Crippen molar-refractivity contribution in [3.63, 3.8) is 0 Å². The topological polar surface area (TPSA) is 150 Å². The molecule has 0 spiro atoms. The molecule has 318 valence electrons. The first-order valence-corrected chi connectivity index (χ1v) is 20.4. The van der Waals surface area contributed by atoms with E-state index in [1.165, 1.54) is 0 Å². The third kappa shape index (κ3) is 38.9. The van der Waals surface area contributed by atoms with Crippen molar-refractivity contribution < 1.29 is 48.1 Å². The Balaban J connectivity index is 0. The summed E-state index contributed by atoms with van der Waals surface area (Å²) < 4.78 is 15.3. The van der Waals surface area contributed by atoms with Crippen LogP contribution in [0.25, 0.3) is 0 Å². The summed E-state index contributed by atoms with van der Waals surface area (Å²) in [7, 11) is 0. The van der Waals surface area contributed by atoms with E-state index in [2.05, 4.69) is 16.9 Å². The van der Waals surface area contributed by atoms with E-state index < -0.39 is 11.9 Å². The van der Waals surface area contributed by atoms with E-state index in [1.807, 2.05) is 74.5 Å². The number of ether oxygens (including phenoxy) is 3. The van der Waals surface area contributed by atoms with E-state index in [0.29, 0.717) is 38.9 Å². The molecule has 1 aliphatic rings. The van der Waals surface area contributed by atoms with Crippen LogP contribution in [-0.4, -0.2) is 60.4 Å². The minimum atomic E-state index is -0.522. The number of Topliss-reactive ketones (excluding diaryl/α,β-unsaturated/α-hetero) is 2. The third-order valence-corrected chi connectivity index (χ3v) is 7.97. The van der Waals surface area contributed by atoms with Gasteiger partial charge in [0.05, 0.1) is 37.9 Å². The highest BCUT2D eigenvalue weighted by Gasteiger charge is 2.32.